The summed E-state index contributed by atoms with van der Waals surface area (Å²) in [6, 6.07) is 3.94. The summed E-state index contributed by atoms with van der Waals surface area (Å²) in [4.78, 5) is 11.0. The first-order valence-corrected chi connectivity index (χ1v) is 9.23. The molecule has 0 aromatic heterocycles. The standard InChI is InChI=1S/C14H18BrNO4S/c15-12-8-7-10(14(17)18)9-13(12)21(19,20)16-11-5-3-1-2-4-6-11/h7-9,11,16H,1-6H2,(H,17,18). The van der Waals surface area contributed by atoms with E-state index in [1.807, 2.05) is 0 Å². The van der Waals surface area contributed by atoms with Gasteiger partial charge in [0.1, 0.15) is 0 Å². The van der Waals surface area contributed by atoms with Gasteiger partial charge in [0.25, 0.3) is 0 Å². The summed E-state index contributed by atoms with van der Waals surface area (Å²) in [6.45, 7) is 0. The average Bonchev–Trinajstić information content (AvgIpc) is 2.66. The van der Waals surface area contributed by atoms with Gasteiger partial charge in [0.15, 0.2) is 0 Å². The minimum Gasteiger partial charge on any atom is -0.478 e. The first-order chi connectivity index (χ1) is 9.90. The van der Waals surface area contributed by atoms with E-state index in [0.29, 0.717) is 4.47 Å². The molecule has 0 saturated heterocycles. The van der Waals surface area contributed by atoms with E-state index in [1.54, 1.807) is 0 Å². The maximum Gasteiger partial charge on any atom is 0.335 e. The van der Waals surface area contributed by atoms with E-state index in [9.17, 15) is 13.2 Å². The number of halogens is 1. The fourth-order valence-electron chi connectivity index (χ4n) is 2.52. The number of carboxylic acid groups (broad SMARTS) is 1. The third-order valence-electron chi connectivity index (χ3n) is 3.64. The Morgan fingerprint density at radius 3 is 2.38 bits per heavy atom. The van der Waals surface area contributed by atoms with Gasteiger partial charge in [-0.3, -0.25) is 0 Å². The highest BCUT2D eigenvalue weighted by molar-refractivity contribution is 9.10. The van der Waals surface area contributed by atoms with Crippen molar-refractivity contribution in [1.82, 2.24) is 4.72 Å². The van der Waals surface area contributed by atoms with E-state index < -0.39 is 16.0 Å². The molecule has 1 aromatic carbocycles. The Hall–Kier alpha value is -0.920. The van der Waals surface area contributed by atoms with Crippen molar-refractivity contribution in [1.29, 1.82) is 0 Å². The number of sulfonamides is 1. The molecule has 0 aliphatic heterocycles. The quantitative estimate of drug-likeness (QED) is 0.791. The molecule has 0 amide bonds. The summed E-state index contributed by atoms with van der Waals surface area (Å²) in [6.07, 6.45) is 5.96. The molecule has 0 spiro atoms. The zero-order valence-corrected chi connectivity index (χ0v) is 13.9. The number of hydrogen-bond donors (Lipinski definition) is 2. The Labute approximate surface area is 132 Å². The van der Waals surface area contributed by atoms with Crippen LogP contribution in [0.15, 0.2) is 27.6 Å². The average molecular weight is 376 g/mol. The van der Waals surface area contributed by atoms with Crippen LogP contribution in [0, 0.1) is 0 Å². The molecule has 2 rings (SSSR count). The van der Waals surface area contributed by atoms with E-state index in [1.165, 1.54) is 18.2 Å². The lowest BCUT2D eigenvalue weighted by Crippen LogP contribution is -2.34. The van der Waals surface area contributed by atoms with Crippen molar-refractivity contribution >= 4 is 31.9 Å². The maximum atomic E-state index is 12.5. The molecule has 116 valence electrons. The van der Waals surface area contributed by atoms with E-state index in [-0.39, 0.29) is 16.5 Å². The molecule has 21 heavy (non-hydrogen) atoms. The third-order valence-corrected chi connectivity index (χ3v) is 6.16. The lowest BCUT2D eigenvalue weighted by molar-refractivity contribution is 0.0696. The van der Waals surface area contributed by atoms with Gasteiger partial charge in [0.2, 0.25) is 10.0 Å². The van der Waals surface area contributed by atoms with E-state index in [2.05, 4.69) is 20.7 Å². The summed E-state index contributed by atoms with van der Waals surface area (Å²) >= 11 is 3.18. The monoisotopic (exact) mass is 375 g/mol. The number of carbonyl (C=O) groups is 1. The van der Waals surface area contributed by atoms with Gasteiger partial charge in [0, 0.05) is 10.5 Å². The molecule has 1 aliphatic rings. The predicted octanol–water partition coefficient (Wildman–Crippen LogP) is 3.15. The molecule has 2 N–H and O–H groups in total. The molecular formula is C14H18BrNO4S. The molecule has 0 radical (unpaired) electrons. The van der Waals surface area contributed by atoms with Crippen molar-refractivity contribution in [2.45, 2.75) is 49.5 Å². The number of aromatic carboxylic acids is 1. The molecule has 5 nitrogen and oxygen atoms in total. The lowest BCUT2D eigenvalue weighted by atomic mass is 10.1. The van der Waals surface area contributed by atoms with Crippen LogP contribution in [0.25, 0.3) is 0 Å². The van der Waals surface area contributed by atoms with Crippen LogP contribution in [-0.4, -0.2) is 25.5 Å². The first kappa shape index (κ1) is 16.5. The minimum absolute atomic E-state index is 0.0216. The van der Waals surface area contributed by atoms with Crippen molar-refractivity contribution in [3.8, 4) is 0 Å². The number of carboxylic acids is 1. The Kier molecular flexibility index (Phi) is 5.40. The topological polar surface area (TPSA) is 83.5 Å². The number of rotatable bonds is 4. The van der Waals surface area contributed by atoms with Crippen molar-refractivity contribution < 1.29 is 18.3 Å². The second-order valence-electron chi connectivity index (χ2n) is 5.26. The van der Waals surface area contributed by atoms with Crippen LogP contribution in [0.5, 0.6) is 0 Å². The Bertz CT molecular complexity index is 622. The van der Waals surface area contributed by atoms with Crippen LogP contribution in [0.2, 0.25) is 0 Å². The van der Waals surface area contributed by atoms with E-state index >= 15 is 0 Å². The van der Waals surface area contributed by atoms with Crippen LogP contribution >= 0.6 is 15.9 Å². The summed E-state index contributed by atoms with van der Waals surface area (Å²) in [5.41, 5.74) is -0.0422. The van der Waals surface area contributed by atoms with Crippen LogP contribution in [0.3, 0.4) is 0 Å². The van der Waals surface area contributed by atoms with Gasteiger partial charge < -0.3 is 5.11 Å². The van der Waals surface area contributed by atoms with Gasteiger partial charge in [-0.05, 0) is 47.0 Å². The highest BCUT2D eigenvalue weighted by Gasteiger charge is 2.24. The highest BCUT2D eigenvalue weighted by Crippen LogP contribution is 2.25. The van der Waals surface area contributed by atoms with Crippen LogP contribution < -0.4 is 4.72 Å². The number of hydrogen-bond acceptors (Lipinski definition) is 3. The van der Waals surface area contributed by atoms with Crippen molar-refractivity contribution in [2.75, 3.05) is 0 Å². The van der Waals surface area contributed by atoms with Gasteiger partial charge in [-0.1, -0.05) is 25.7 Å². The van der Waals surface area contributed by atoms with Gasteiger partial charge >= 0.3 is 5.97 Å². The summed E-state index contributed by atoms with van der Waals surface area (Å²) in [5.74, 6) is -1.14. The third kappa shape index (κ3) is 4.28. The Morgan fingerprint density at radius 1 is 1.19 bits per heavy atom. The molecule has 0 bridgehead atoms. The predicted molar refractivity (Wildman–Crippen MR) is 82.9 cm³/mol. The van der Waals surface area contributed by atoms with Crippen molar-refractivity contribution in [3.63, 3.8) is 0 Å². The Balaban J connectivity index is 2.26. The molecule has 1 fully saturated rings. The van der Waals surface area contributed by atoms with Crippen LogP contribution in [0.1, 0.15) is 48.9 Å². The van der Waals surface area contributed by atoms with Crippen LogP contribution in [-0.2, 0) is 10.0 Å². The van der Waals surface area contributed by atoms with E-state index in [0.717, 1.165) is 38.5 Å². The highest BCUT2D eigenvalue weighted by atomic mass is 79.9. The van der Waals surface area contributed by atoms with Gasteiger partial charge in [-0.25, -0.2) is 17.9 Å². The zero-order valence-electron chi connectivity index (χ0n) is 11.5. The van der Waals surface area contributed by atoms with Crippen LogP contribution in [0.4, 0.5) is 0 Å². The molecule has 1 aliphatic carbocycles. The minimum atomic E-state index is -3.72. The van der Waals surface area contributed by atoms with E-state index in [4.69, 9.17) is 5.11 Å². The summed E-state index contributed by atoms with van der Waals surface area (Å²) < 4.78 is 28.0. The molecule has 0 atom stereocenters. The van der Waals surface area contributed by atoms with Crippen molar-refractivity contribution in [2.24, 2.45) is 0 Å². The number of benzene rings is 1. The second kappa shape index (κ2) is 6.89. The molecule has 0 unspecified atom stereocenters. The fraction of sp³-hybridized carbons (Fsp3) is 0.500. The Morgan fingerprint density at radius 2 is 1.81 bits per heavy atom. The first-order valence-electron chi connectivity index (χ1n) is 6.95. The second-order valence-corrected chi connectivity index (χ2v) is 7.80. The SMILES string of the molecule is O=C(O)c1ccc(Br)c(S(=O)(=O)NC2CCCCCC2)c1. The lowest BCUT2D eigenvalue weighted by Gasteiger charge is -2.17. The molecule has 1 aromatic rings. The van der Waals surface area contributed by atoms with Crippen molar-refractivity contribution in [3.05, 3.63) is 28.2 Å². The van der Waals surface area contributed by atoms with Gasteiger partial charge in [-0.2, -0.15) is 0 Å². The van der Waals surface area contributed by atoms with Gasteiger partial charge in [-0.15, -0.1) is 0 Å². The molecular weight excluding hydrogens is 358 g/mol. The smallest absolute Gasteiger partial charge is 0.335 e. The molecule has 0 heterocycles. The zero-order chi connectivity index (χ0) is 15.5. The molecule has 1 saturated carbocycles. The maximum absolute atomic E-state index is 12.5. The molecule has 7 heteroatoms. The fourth-order valence-corrected chi connectivity index (χ4v) is 4.82. The largest absolute Gasteiger partial charge is 0.478 e. The normalized spacial score (nSPS) is 17.4. The summed E-state index contributed by atoms with van der Waals surface area (Å²) in [7, 11) is -3.72. The summed E-state index contributed by atoms with van der Waals surface area (Å²) in [5, 5.41) is 8.99. The van der Waals surface area contributed by atoms with Gasteiger partial charge in [0.05, 0.1) is 10.5 Å². The number of nitrogens with one attached hydrogen (secondary N) is 1.